The van der Waals surface area contributed by atoms with E-state index in [1.165, 1.54) is 44.5 Å². The zero-order valence-corrected chi connectivity index (χ0v) is 33.1. The first-order valence-electron chi connectivity index (χ1n) is 16.8. The van der Waals surface area contributed by atoms with Crippen molar-refractivity contribution in [2.24, 2.45) is 5.41 Å². The minimum absolute atomic E-state index is 0. The van der Waals surface area contributed by atoms with Crippen LogP contribution < -0.4 is 4.90 Å². The van der Waals surface area contributed by atoms with Crippen molar-refractivity contribution < 1.29 is 32.7 Å². The maximum atomic E-state index is 3.57. The molecule has 0 fully saturated rings. The van der Waals surface area contributed by atoms with Gasteiger partial charge < -0.3 is 4.90 Å². The molecule has 1 radical (unpaired) electrons. The van der Waals surface area contributed by atoms with E-state index in [1.807, 2.05) is 12.1 Å². The van der Waals surface area contributed by atoms with Crippen LogP contribution in [0, 0.1) is 31.4 Å². The van der Waals surface area contributed by atoms with E-state index in [4.69, 9.17) is 0 Å². The van der Waals surface area contributed by atoms with Crippen LogP contribution >= 0.6 is 8.58 Å². The van der Waals surface area contributed by atoms with E-state index in [1.54, 1.807) is 0 Å². The van der Waals surface area contributed by atoms with Gasteiger partial charge in [0.1, 0.15) is 0 Å². The Hall–Kier alpha value is -3.09. The van der Waals surface area contributed by atoms with E-state index in [-0.39, 0.29) is 44.0 Å². The fraction of sp³-hybridized carbons (Fsp3) is 0.244. The molecule has 3 heteroatoms. The van der Waals surface area contributed by atoms with Gasteiger partial charge in [0.15, 0.2) is 0 Å². The number of para-hydroxylation sites is 2. The van der Waals surface area contributed by atoms with Crippen LogP contribution in [0.1, 0.15) is 72.9 Å². The van der Waals surface area contributed by atoms with Gasteiger partial charge in [-0.1, -0.05) is 118 Å². The van der Waals surface area contributed by atoms with Crippen molar-refractivity contribution in [2.75, 3.05) is 11.6 Å². The van der Waals surface area contributed by atoms with Crippen molar-refractivity contribution in [3.8, 4) is 0 Å². The first kappa shape index (κ1) is 36.2. The van der Waals surface area contributed by atoms with Gasteiger partial charge in [-0.25, -0.2) is 0 Å². The number of nitrogens with zero attached hydrogens (tertiary/aromatic N) is 1. The number of allylic oxidation sites excluding steroid dienone is 10. The third-order valence-electron chi connectivity index (χ3n) is 9.35. The van der Waals surface area contributed by atoms with Crippen molar-refractivity contribution in [2.45, 2.75) is 59.0 Å². The normalized spacial score (nSPS) is 17.7. The van der Waals surface area contributed by atoms with Gasteiger partial charge in [-0.15, -0.1) is 20.7 Å². The van der Waals surface area contributed by atoms with Gasteiger partial charge in [-0.05, 0) is 77.1 Å². The Morgan fingerprint density at radius 1 is 0.875 bits per heavy atom. The van der Waals surface area contributed by atoms with E-state index in [2.05, 4.69) is 174 Å². The summed E-state index contributed by atoms with van der Waals surface area (Å²) < 4.78 is 0. The van der Waals surface area contributed by atoms with Gasteiger partial charge in [0.25, 0.3) is 0 Å². The van der Waals surface area contributed by atoms with Crippen LogP contribution in [0.3, 0.4) is 0 Å². The van der Waals surface area contributed by atoms with E-state index in [0.29, 0.717) is 5.66 Å². The van der Waals surface area contributed by atoms with Gasteiger partial charge in [-0.3, -0.25) is 0 Å². The van der Waals surface area contributed by atoms with Gasteiger partial charge in [-0.2, -0.15) is 48.0 Å². The van der Waals surface area contributed by atoms with Crippen LogP contribution in [-0.2, 0) is 32.7 Å². The fourth-order valence-electron chi connectivity index (χ4n) is 6.92. The van der Waals surface area contributed by atoms with Crippen LogP contribution in [0.15, 0.2) is 127 Å². The monoisotopic (exact) mass is 720 g/mol. The smallest absolute Gasteiger partial charge is 0.0457 e. The molecule has 3 unspecified atom stereocenters. The molecule has 2 aliphatic carbocycles. The summed E-state index contributed by atoms with van der Waals surface area (Å²) in [4.78, 5) is 2.32. The van der Waals surface area contributed by atoms with Crippen molar-refractivity contribution >= 4 is 36.8 Å². The van der Waals surface area contributed by atoms with Crippen LogP contribution in [-0.4, -0.2) is 12.3 Å². The molecule has 0 aromatic heterocycles. The number of benzene rings is 4. The molecule has 0 saturated heterocycles. The Balaban J connectivity index is 0.00000451. The zero-order valence-electron chi connectivity index (χ0n) is 29.2. The van der Waals surface area contributed by atoms with Crippen LogP contribution in [0.25, 0.3) is 11.1 Å². The van der Waals surface area contributed by atoms with Crippen molar-refractivity contribution in [3.05, 3.63) is 173 Å². The Morgan fingerprint density at radius 3 is 2.40 bits per heavy atom. The second-order valence-corrected chi connectivity index (χ2v) is 15.0. The number of hydrogen-bond acceptors (Lipinski definition) is 1. The molecule has 1 nitrogen and oxygen atoms in total. The molecule has 0 saturated carbocycles. The first-order chi connectivity index (χ1) is 22.7. The third kappa shape index (κ3) is 8.20. The van der Waals surface area contributed by atoms with Crippen LogP contribution in [0.2, 0.25) is 0 Å². The molecule has 48 heavy (non-hydrogen) atoms. The minimum atomic E-state index is -0.0544. The van der Waals surface area contributed by atoms with Crippen molar-refractivity contribution in [3.63, 3.8) is 0 Å². The standard InChI is InChI=1S/C45H46NP.Y/c1-32-23-25-38(26-24-32)46(37-18-8-7-9-19-37)43-22-13-12-21-40(43)34(3)44-41(35-16-10-11-20-39(30-35)47-6)28-33(2)29-42(44)36-17-14-15-27-45(4,5)31-36;/h7-18,21-25,27-29,31,34,39,47H,20,30H2,1-6H3;/q-2;. The minimum Gasteiger partial charge on any atom is -0.358 e. The van der Waals surface area contributed by atoms with Gasteiger partial charge in [0, 0.05) is 49.7 Å². The molecule has 241 valence electrons. The SMILES string of the molecule is CPC1CC=CC=C(c2cc(C)cc(C3=CC(C)(C)C=CC=C3)c2C(C)c2ccccc2N(c2[c-]cccc2)c2[c-]cc(C)cc2)C1.[Y]. The summed E-state index contributed by atoms with van der Waals surface area (Å²) in [6.07, 6.45) is 20.7. The summed E-state index contributed by atoms with van der Waals surface area (Å²) in [5.74, 6) is 0.0951. The molecular formula is C45H46NPY-2. The molecule has 0 bridgehead atoms. The number of rotatable bonds is 8. The number of aryl methyl sites for hydroxylation is 2. The van der Waals surface area contributed by atoms with E-state index in [0.717, 1.165) is 38.5 Å². The molecule has 6 rings (SSSR count). The van der Waals surface area contributed by atoms with Gasteiger partial charge >= 0.3 is 0 Å². The van der Waals surface area contributed by atoms with Crippen LogP contribution in [0.5, 0.6) is 0 Å². The molecule has 3 atom stereocenters. The van der Waals surface area contributed by atoms with Gasteiger partial charge in [0.2, 0.25) is 0 Å². The molecule has 0 heterocycles. The molecular weight excluding hydrogens is 674 g/mol. The summed E-state index contributed by atoms with van der Waals surface area (Å²) in [6.45, 7) is 13.7. The Labute approximate surface area is 316 Å². The Kier molecular flexibility index (Phi) is 12.1. The molecule has 4 aromatic rings. The predicted molar refractivity (Wildman–Crippen MR) is 207 cm³/mol. The summed E-state index contributed by atoms with van der Waals surface area (Å²) in [5, 5.41) is 0. The molecule has 0 aliphatic heterocycles. The fourth-order valence-corrected chi connectivity index (χ4v) is 7.71. The largest absolute Gasteiger partial charge is 0.358 e. The van der Waals surface area contributed by atoms with Crippen molar-refractivity contribution in [1.29, 1.82) is 0 Å². The van der Waals surface area contributed by atoms with E-state index >= 15 is 0 Å². The van der Waals surface area contributed by atoms with Crippen LogP contribution in [0.4, 0.5) is 17.1 Å². The van der Waals surface area contributed by atoms with E-state index in [9.17, 15) is 0 Å². The second-order valence-electron chi connectivity index (χ2n) is 13.6. The quantitative estimate of drug-likeness (QED) is 0.129. The summed E-state index contributed by atoms with van der Waals surface area (Å²) in [7, 11) is 0.913. The Bertz CT molecular complexity index is 1870. The third-order valence-corrected chi connectivity index (χ3v) is 10.6. The summed E-state index contributed by atoms with van der Waals surface area (Å²) in [6, 6.07) is 35.5. The molecule has 0 amide bonds. The van der Waals surface area contributed by atoms with Crippen molar-refractivity contribution in [1.82, 2.24) is 0 Å². The summed E-state index contributed by atoms with van der Waals surface area (Å²) >= 11 is 0. The zero-order chi connectivity index (χ0) is 33.0. The molecule has 0 N–H and O–H groups in total. The average molecular weight is 721 g/mol. The van der Waals surface area contributed by atoms with E-state index < -0.39 is 0 Å². The maximum absolute atomic E-state index is 3.57. The van der Waals surface area contributed by atoms with Gasteiger partial charge in [0.05, 0.1) is 0 Å². The molecule has 2 aliphatic rings. The topological polar surface area (TPSA) is 3.24 Å². The Morgan fingerprint density at radius 2 is 1.65 bits per heavy atom. The predicted octanol–water partition coefficient (Wildman–Crippen LogP) is 12.5. The molecule has 4 aromatic carbocycles. The molecule has 0 spiro atoms. The second kappa shape index (κ2) is 16.1. The number of hydrogen-bond donors (Lipinski definition) is 0. The first-order valence-corrected chi connectivity index (χ1v) is 18.4. The number of anilines is 3. The maximum Gasteiger partial charge on any atom is 0.0457 e. The summed E-state index contributed by atoms with van der Waals surface area (Å²) in [5.41, 5.74) is 14.3. The average Bonchev–Trinajstić information content (AvgIpc) is 3.43.